The Labute approximate surface area is 221 Å². The molecule has 13 N–H and O–H groups in total. The quantitative estimate of drug-likeness (QED) is 0.0818. The molecule has 24 heteroatoms. The van der Waals surface area contributed by atoms with Crippen LogP contribution in [0.2, 0.25) is 0 Å². The number of aldehydes is 1. The standard InChI is InChI=1S/C10H13N5O5.C6H14O12P2/c11-10-13-7-4(8(19)14-10)12-2-15(7)9-6(18)5(17)3(1-16)20-9;7-1-3(9)5(10)6(11)4(2-8)17-20(15,16)18-19(12,13)14/h2-3,5-6,9,16-18H,1H2,(H3,11,13,14,19);2-7,9-11H,1H2,(H,15,16)(H2,12,13,14)/t3-,5-,6-,9-;3-,4-,5-,6-/m11/s1. The van der Waals surface area contributed by atoms with Crippen molar-refractivity contribution in [3.63, 3.8) is 0 Å². The van der Waals surface area contributed by atoms with E-state index in [-0.39, 0.29) is 23.4 Å². The van der Waals surface area contributed by atoms with E-state index in [2.05, 4.69) is 23.8 Å². The molecule has 0 spiro atoms. The first kappa shape index (κ1) is 34.0. The van der Waals surface area contributed by atoms with Gasteiger partial charge < -0.3 is 65.7 Å². The molecule has 0 bridgehead atoms. The van der Waals surface area contributed by atoms with Crippen molar-refractivity contribution in [2.45, 2.75) is 49.0 Å². The van der Waals surface area contributed by atoms with Gasteiger partial charge in [-0.2, -0.15) is 9.29 Å². The number of nitrogen functional groups attached to an aromatic ring is 1. The van der Waals surface area contributed by atoms with Crippen molar-refractivity contribution in [3.8, 4) is 0 Å². The normalized spacial score (nSPS) is 25.9. The van der Waals surface area contributed by atoms with Gasteiger partial charge in [-0.15, -0.1) is 0 Å². The molecule has 1 saturated heterocycles. The number of carbonyl (C=O) groups is 1. The Morgan fingerprint density at radius 1 is 1.15 bits per heavy atom. The maximum absolute atomic E-state index is 11.7. The van der Waals surface area contributed by atoms with Crippen LogP contribution in [0, 0.1) is 0 Å². The van der Waals surface area contributed by atoms with Gasteiger partial charge in [0, 0.05) is 0 Å². The van der Waals surface area contributed by atoms with E-state index >= 15 is 0 Å². The van der Waals surface area contributed by atoms with Crippen LogP contribution < -0.4 is 11.3 Å². The highest BCUT2D eigenvalue weighted by Gasteiger charge is 2.44. The van der Waals surface area contributed by atoms with Crippen molar-refractivity contribution in [1.82, 2.24) is 19.5 Å². The molecule has 9 atom stereocenters. The van der Waals surface area contributed by atoms with Crippen molar-refractivity contribution in [2.75, 3.05) is 18.9 Å². The Morgan fingerprint density at radius 2 is 1.77 bits per heavy atom. The van der Waals surface area contributed by atoms with Crippen molar-refractivity contribution in [2.24, 2.45) is 0 Å². The zero-order valence-electron chi connectivity index (χ0n) is 19.8. The van der Waals surface area contributed by atoms with Crippen LogP contribution in [-0.4, -0.2) is 132 Å². The number of nitrogens with zero attached hydrogens (tertiary/aromatic N) is 3. The number of nitrogens with one attached hydrogen (secondary N) is 1. The van der Waals surface area contributed by atoms with Gasteiger partial charge in [0.05, 0.1) is 19.5 Å². The van der Waals surface area contributed by atoms with Crippen molar-refractivity contribution in [1.29, 1.82) is 0 Å². The van der Waals surface area contributed by atoms with E-state index in [0.29, 0.717) is 0 Å². The van der Waals surface area contributed by atoms with Crippen LogP contribution in [0.25, 0.3) is 11.2 Å². The number of nitrogens with two attached hydrogens (primary N) is 1. The van der Waals surface area contributed by atoms with Crippen molar-refractivity contribution >= 4 is 39.0 Å². The average Bonchev–Trinajstić information content (AvgIpc) is 3.40. The number of phosphoric ester groups is 1. The molecule has 2 aromatic rings. The first-order valence-electron chi connectivity index (χ1n) is 10.7. The summed E-state index contributed by atoms with van der Waals surface area (Å²) in [5.74, 6) is -0.101. The zero-order chi connectivity index (χ0) is 30.6. The third-order valence-corrected chi connectivity index (χ3v) is 7.29. The van der Waals surface area contributed by atoms with Crippen molar-refractivity contribution < 1.29 is 77.9 Å². The lowest BCUT2D eigenvalue weighted by atomic mass is 10.0. The van der Waals surface area contributed by atoms with E-state index < -0.39 is 83.4 Å². The van der Waals surface area contributed by atoms with E-state index in [1.165, 1.54) is 10.9 Å². The molecule has 0 aliphatic carbocycles. The minimum atomic E-state index is -5.43. The number of rotatable bonds is 11. The Morgan fingerprint density at radius 3 is 2.27 bits per heavy atom. The molecular formula is C16H27N5O17P2. The van der Waals surface area contributed by atoms with Crippen LogP contribution in [0.5, 0.6) is 0 Å². The predicted molar refractivity (Wildman–Crippen MR) is 125 cm³/mol. The number of aliphatic hydroxyl groups is 7. The van der Waals surface area contributed by atoms with Gasteiger partial charge in [-0.25, -0.2) is 14.1 Å². The maximum atomic E-state index is 11.7. The fourth-order valence-corrected chi connectivity index (χ4v) is 4.96. The fourth-order valence-electron chi connectivity index (χ4n) is 3.24. The number of aromatic nitrogens is 4. The number of fused-ring (bicyclic) bond motifs is 1. The Balaban J connectivity index is 0.000000280. The SMILES string of the molecule is Nc1nc2c(ncn2[C@@H]2O[C@H](CO)[C@@H](O)[C@H]2O)c(=O)[nH]1.O=C[C@@H](OP(=O)(O)OP(=O)(O)O)[C@@H](O)[C@H](O)[C@H](O)CO. The molecule has 0 saturated carbocycles. The minimum absolute atomic E-state index is 0.0388. The van der Waals surface area contributed by atoms with Gasteiger partial charge in [0.2, 0.25) is 5.95 Å². The molecule has 40 heavy (non-hydrogen) atoms. The third-order valence-electron chi connectivity index (χ3n) is 5.11. The molecule has 0 amide bonds. The number of carbonyl (C=O) groups excluding carboxylic acids is 1. The Hall–Kier alpha value is -2.24. The lowest BCUT2D eigenvalue weighted by Crippen LogP contribution is -2.47. The molecule has 1 aliphatic rings. The highest BCUT2D eigenvalue weighted by molar-refractivity contribution is 7.60. The number of aliphatic hydroxyl groups excluding tert-OH is 7. The number of hydrogen-bond donors (Lipinski definition) is 12. The summed E-state index contributed by atoms with van der Waals surface area (Å²) in [5.41, 5.74) is 5.12. The van der Waals surface area contributed by atoms with E-state index in [1.54, 1.807) is 0 Å². The first-order chi connectivity index (χ1) is 18.5. The molecule has 3 heterocycles. The number of H-pyrrole nitrogens is 1. The van der Waals surface area contributed by atoms with Crippen LogP contribution in [0.15, 0.2) is 11.1 Å². The summed E-state index contributed by atoms with van der Waals surface area (Å²) in [7, 11) is -10.8. The van der Waals surface area contributed by atoms with Crippen LogP contribution in [0.3, 0.4) is 0 Å². The van der Waals surface area contributed by atoms with Gasteiger partial charge in [-0.3, -0.25) is 18.9 Å². The van der Waals surface area contributed by atoms with Crippen molar-refractivity contribution in [3.05, 3.63) is 16.7 Å². The van der Waals surface area contributed by atoms with Gasteiger partial charge in [0.1, 0.15) is 36.6 Å². The largest absolute Gasteiger partial charge is 0.481 e. The smallest absolute Gasteiger partial charge is 0.394 e. The van der Waals surface area contributed by atoms with Gasteiger partial charge in [-0.1, -0.05) is 0 Å². The molecule has 0 aromatic carbocycles. The zero-order valence-corrected chi connectivity index (χ0v) is 21.6. The van der Waals surface area contributed by atoms with Crippen LogP contribution >= 0.6 is 15.6 Å². The number of ether oxygens (including phenoxy) is 1. The summed E-state index contributed by atoms with van der Waals surface area (Å²) in [4.78, 5) is 57.9. The lowest BCUT2D eigenvalue weighted by molar-refractivity contribution is -0.134. The second-order valence-electron chi connectivity index (χ2n) is 7.98. The Kier molecular flexibility index (Phi) is 11.6. The topological polar surface area (TPSA) is 371 Å². The number of anilines is 1. The molecular weight excluding hydrogens is 596 g/mol. The highest BCUT2D eigenvalue weighted by Crippen LogP contribution is 2.58. The van der Waals surface area contributed by atoms with E-state index in [4.69, 9.17) is 40.5 Å². The molecule has 22 nitrogen and oxygen atoms in total. The van der Waals surface area contributed by atoms with Gasteiger partial charge in [0.25, 0.3) is 5.56 Å². The summed E-state index contributed by atoms with van der Waals surface area (Å²) >= 11 is 0. The number of imidazole rings is 1. The molecule has 1 unspecified atom stereocenters. The maximum Gasteiger partial charge on any atom is 0.481 e. The predicted octanol–water partition coefficient (Wildman–Crippen LogP) is -5.83. The average molecular weight is 623 g/mol. The van der Waals surface area contributed by atoms with E-state index in [0.717, 1.165) is 0 Å². The number of hydrogen-bond acceptors (Lipinski definition) is 17. The molecule has 1 aliphatic heterocycles. The molecule has 1 fully saturated rings. The van der Waals surface area contributed by atoms with E-state index in [1.807, 2.05) is 0 Å². The van der Waals surface area contributed by atoms with Gasteiger partial charge >= 0.3 is 15.6 Å². The molecule has 0 radical (unpaired) electrons. The van der Waals surface area contributed by atoms with Crippen LogP contribution in [0.4, 0.5) is 5.95 Å². The molecule has 2 aromatic heterocycles. The second kappa shape index (κ2) is 13.6. The summed E-state index contributed by atoms with van der Waals surface area (Å²) in [6.45, 7) is -1.45. The highest BCUT2D eigenvalue weighted by atomic mass is 31.3. The number of phosphoric acid groups is 2. The van der Waals surface area contributed by atoms with Gasteiger partial charge in [0.15, 0.2) is 29.8 Å². The van der Waals surface area contributed by atoms with Gasteiger partial charge in [-0.05, 0) is 0 Å². The van der Waals surface area contributed by atoms with E-state index in [9.17, 15) is 39.1 Å². The minimum Gasteiger partial charge on any atom is -0.394 e. The molecule has 3 rings (SSSR count). The summed E-state index contributed by atoms with van der Waals surface area (Å²) in [5, 5.41) is 64.9. The second-order valence-corrected chi connectivity index (χ2v) is 10.8. The monoisotopic (exact) mass is 623 g/mol. The van der Waals surface area contributed by atoms with Crippen LogP contribution in [0.1, 0.15) is 6.23 Å². The number of aromatic amines is 1. The fraction of sp³-hybridized carbons (Fsp3) is 0.625. The Bertz CT molecular complexity index is 1300. The molecule has 228 valence electrons. The summed E-state index contributed by atoms with van der Waals surface area (Å²) in [6, 6.07) is 0. The summed E-state index contributed by atoms with van der Waals surface area (Å²) < 4.78 is 35.5. The summed E-state index contributed by atoms with van der Waals surface area (Å²) in [6.07, 6.45) is -12.0. The first-order valence-corrected chi connectivity index (χ1v) is 13.7. The lowest BCUT2D eigenvalue weighted by Gasteiger charge is -2.26. The third kappa shape index (κ3) is 8.39. The van der Waals surface area contributed by atoms with Crippen LogP contribution in [-0.2, 0) is 27.5 Å².